The Morgan fingerprint density at radius 2 is 1.84 bits per heavy atom. The number of rotatable bonds is 2. The molecule has 0 bridgehead atoms. The van der Waals surface area contributed by atoms with Crippen LogP contribution in [0.15, 0.2) is 54.7 Å². The third kappa shape index (κ3) is 2.48. The molecule has 3 aromatic rings. The standard InChI is InChI=1S/C15H11FN2S/c16-12-2-4-13(5-3-12)18-15(19)11-1-6-14-10(9-11)7-8-17-14/h1-9,17H,(H,18,19). The predicted molar refractivity (Wildman–Crippen MR) is 80.0 cm³/mol. The lowest BCUT2D eigenvalue weighted by atomic mass is 10.1. The normalized spacial score (nSPS) is 10.6. The van der Waals surface area contributed by atoms with E-state index >= 15 is 0 Å². The molecule has 19 heavy (non-hydrogen) atoms. The molecule has 0 saturated heterocycles. The van der Waals surface area contributed by atoms with Gasteiger partial charge in [0.1, 0.15) is 10.8 Å². The molecule has 0 aliphatic heterocycles. The van der Waals surface area contributed by atoms with Crippen LogP contribution in [0.5, 0.6) is 0 Å². The molecular weight excluding hydrogens is 259 g/mol. The van der Waals surface area contributed by atoms with E-state index in [1.54, 1.807) is 12.1 Å². The Morgan fingerprint density at radius 3 is 2.63 bits per heavy atom. The second-order valence-electron chi connectivity index (χ2n) is 4.24. The van der Waals surface area contributed by atoms with Gasteiger partial charge in [0.05, 0.1) is 0 Å². The first-order chi connectivity index (χ1) is 9.22. The summed E-state index contributed by atoms with van der Waals surface area (Å²) in [6, 6.07) is 14.1. The highest BCUT2D eigenvalue weighted by Crippen LogP contribution is 2.16. The van der Waals surface area contributed by atoms with Crippen LogP contribution in [0.1, 0.15) is 5.56 Å². The maximum atomic E-state index is 12.8. The van der Waals surface area contributed by atoms with Crippen LogP contribution < -0.4 is 5.32 Å². The number of halogens is 1. The van der Waals surface area contributed by atoms with E-state index in [9.17, 15) is 4.39 Å². The molecule has 0 spiro atoms. The van der Waals surface area contributed by atoms with Gasteiger partial charge >= 0.3 is 0 Å². The first-order valence-corrected chi connectivity index (χ1v) is 6.27. The van der Waals surface area contributed by atoms with E-state index in [4.69, 9.17) is 12.2 Å². The van der Waals surface area contributed by atoms with Gasteiger partial charge < -0.3 is 10.3 Å². The molecule has 1 aromatic heterocycles. The molecule has 0 aliphatic carbocycles. The summed E-state index contributed by atoms with van der Waals surface area (Å²) < 4.78 is 12.8. The zero-order valence-electron chi connectivity index (χ0n) is 9.98. The molecule has 1 heterocycles. The van der Waals surface area contributed by atoms with Gasteiger partial charge in [-0.3, -0.25) is 0 Å². The minimum Gasteiger partial charge on any atom is -0.361 e. The van der Waals surface area contributed by atoms with Crippen LogP contribution >= 0.6 is 12.2 Å². The molecule has 2 aromatic carbocycles. The van der Waals surface area contributed by atoms with Crippen LogP contribution in [-0.2, 0) is 0 Å². The molecule has 0 aliphatic rings. The van der Waals surface area contributed by atoms with Crippen LogP contribution in [0.3, 0.4) is 0 Å². The fourth-order valence-electron chi connectivity index (χ4n) is 1.93. The monoisotopic (exact) mass is 270 g/mol. The Labute approximate surface area is 115 Å². The molecule has 0 unspecified atom stereocenters. The van der Waals surface area contributed by atoms with Gasteiger partial charge in [-0.25, -0.2) is 4.39 Å². The number of H-pyrrole nitrogens is 1. The zero-order valence-corrected chi connectivity index (χ0v) is 10.8. The van der Waals surface area contributed by atoms with Gasteiger partial charge in [0.25, 0.3) is 0 Å². The van der Waals surface area contributed by atoms with Crippen molar-refractivity contribution in [3.8, 4) is 0 Å². The fraction of sp³-hybridized carbons (Fsp3) is 0. The number of hydrogen-bond donors (Lipinski definition) is 2. The summed E-state index contributed by atoms with van der Waals surface area (Å²) in [7, 11) is 0. The van der Waals surface area contributed by atoms with Crippen molar-refractivity contribution in [1.82, 2.24) is 4.98 Å². The Bertz CT molecular complexity index is 731. The first-order valence-electron chi connectivity index (χ1n) is 5.86. The molecule has 94 valence electrons. The third-order valence-electron chi connectivity index (χ3n) is 2.92. The highest BCUT2D eigenvalue weighted by Gasteiger charge is 2.03. The van der Waals surface area contributed by atoms with Crippen molar-refractivity contribution < 1.29 is 4.39 Å². The van der Waals surface area contributed by atoms with Crippen molar-refractivity contribution in [3.63, 3.8) is 0 Å². The van der Waals surface area contributed by atoms with Crippen molar-refractivity contribution >= 4 is 33.8 Å². The summed E-state index contributed by atoms with van der Waals surface area (Å²) in [5.74, 6) is -0.259. The summed E-state index contributed by atoms with van der Waals surface area (Å²) in [4.78, 5) is 3.76. The third-order valence-corrected chi connectivity index (χ3v) is 3.26. The molecule has 0 radical (unpaired) electrons. The number of benzene rings is 2. The smallest absolute Gasteiger partial charge is 0.123 e. The van der Waals surface area contributed by atoms with Gasteiger partial charge in [0.2, 0.25) is 0 Å². The fourth-order valence-corrected chi connectivity index (χ4v) is 2.18. The molecule has 2 N–H and O–H groups in total. The average molecular weight is 270 g/mol. The van der Waals surface area contributed by atoms with E-state index in [-0.39, 0.29) is 5.82 Å². The summed E-state index contributed by atoms with van der Waals surface area (Å²) >= 11 is 5.36. The van der Waals surface area contributed by atoms with Crippen LogP contribution in [0, 0.1) is 5.82 Å². The van der Waals surface area contributed by atoms with Crippen LogP contribution in [0.25, 0.3) is 10.9 Å². The Hall–Kier alpha value is -2.20. The van der Waals surface area contributed by atoms with E-state index in [1.165, 1.54) is 12.1 Å². The van der Waals surface area contributed by atoms with E-state index in [0.29, 0.717) is 4.99 Å². The summed E-state index contributed by atoms with van der Waals surface area (Å²) in [6.45, 7) is 0. The highest BCUT2D eigenvalue weighted by atomic mass is 32.1. The molecule has 0 fully saturated rings. The van der Waals surface area contributed by atoms with Crippen molar-refractivity contribution in [2.45, 2.75) is 0 Å². The number of nitrogens with one attached hydrogen (secondary N) is 2. The largest absolute Gasteiger partial charge is 0.361 e. The van der Waals surface area contributed by atoms with E-state index < -0.39 is 0 Å². The molecule has 0 saturated carbocycles. The van der Waals surface area contributed by atoms with Crippen molar-refractivity contribution in [3.05, 3.63) is 66.1 Å². The lowest BCUT2D eigenvalue weighted by molar-refractivity contribution is 0.628. The van der Waals surface area contributed by atoms with Crippen LogP contribution in [0.4, 0.5) is 10.1 Å². The number of fused-ring (bicyclic) bond motifs is 1. The van der Waals surface area contributed by atoms with Gasteiger partial charge in [-0.15, -0.1) is 0 Å². The summed E-state index contributed by atoms with van der Waals surface area (Å²) in [5, 5.41) is 4.21. The van der Waals surface area contributed by atoms with Crippen LogP contribution in [-0.4, -0.2) is 9.97 Å². The highest BCUT2D eigenvalue weighted by molar-refractivity contribution is 7.81. The summed E-state index contributed by atoms with van der Waals surface area (Å²) in [6.07, 6.45) is 1.89. The Morgan fingerprint density at radius 1 is 1.05 bits per heavy atom. The quantitative estimate of drug-likeness (QED) is 0.686. The molecule has 0 atom stereocenters. The SMILES string of the molecule is Fc1ccc(NC(=S)c2ccc3[nH]ccc3c2)cc1. The number of anilines is 1. The predicted octanol–water partition coefficient (Wildman–Crippen LogP) is 4.09. The first kappa shape index (κ1) is 11.9. The van der Waals surface area contributed by atoms with Crippen molar-refractivity contribution in [2.75, 3.05) is 5.32 Å². The van der Waals surface area contributed by atoms with E-state index in [2.05, 4.69) is 10.3 Å². The summed E-state index contributed by atoms with van der Waals surface area (Å²) in [5.41, 5.74) is 2.79. The second-order valence-corrected chi connectivity index (χ2v) is 4.65. The van der Waals surface area contributed by atoms with Crippen molar-refractivity contribution in [2.24, 2.45) is 0 Å². The second kappa shape index (κ2) is 4.82. The molecular formula is C15H11FN2S. The van der Waals surface area contributed by atoms with E-state index in [0.717, 1.165) is 22.2 Å². The maximum Gasteiger partial charge on any atom is 0.123 e. The lowest BCUT2D eigenvalue weighted by Gasteiger charge is -2.08. The molecule has 4 heteroatoms. The van der Waals surface area contributed by atoms with E-state index in [1.807, 2.05) is 30.5 Å². The van der Waals surface area contributed by atoms with Gasteiger partial charge in [0, 0.05) is 28.4 Å². The zero-order chi connectivity index (χ0) is 13.2. The molecule has 0 amide bonds. The van der Waals surface area contributed by atoms with Gasteiger partial charge in [-0.05, 0) is 48.5 Å². The Balaban J connectivity index is 1.84. The number of hydrogen-bond acceptors (Lipinski definition) is 1. The minimum absolute atomic E-state index is 0.259. The maximum absolute atomic E-state index is 12.8. The number of aromatic nitrogens is 1. The minimum atomic E-state index is -0.259. The van der Waals surface area contributed by atoms with Gasteiger partial charge in [-0.1, -0.05) is 12.2 Å². The van der Waals surface area contributed by atoms with Crippen LogP contribution in [0.2, 0.25) is 0 Å². The number of thiocarbonyl (C=S) groups is 1. The topological polar surface area (TPSA) is 27.8 Å². The van der Waals surface area contributed by atoms with Crippen molar-refractivity contribution in [1.29, 1.82) is 0 Å². The number of aromatic amines is 1. The average Bonchev–Trinajstić information content (AvgIpc) is 2.88. The van der Waals surface area contributed by atoms with Gasteiger partial charge in [0.15, 0.2) is 0 Å². The Kier molecular flexibility index (Phi) is 3.01. The lowest BCUT2D eigenvalue weighted by Crippen LogP contribution is -2.10. The molecule has 2 nitrogen and oxygen atoms in total. The molecule has 3 rings (SSSR count). The van der Waals surface area contributed by atoms with Gasteiger partial charge in [-0.2, -0.15) is 0 Å².